The van der Waals surface area contributed by atoms with Crippen molar-refractivity contribution in [2.24, 2.45) is 10.8 Å². The molecular weight excluding hydrogens is 328 g/mol. The highest BCUT2D eigenvalue weighted by Gasteiger charge is 2.63. The van der Waals surface area contributed by atoms with E-state index in [2.05, 4.69) is 46.8 Å². The summed E-state index contributed by atoms with van der Waals surface area (Å²) in [5.74, 6) is 0. The van der Waals surface area contributed by atoms with Crippen molar-refractivity contribution in [1.29, 1.82) is 0 Å². The topological polar surface area (TPSA) is 47.9 Å². The Balaban J connectivity index is 1.85. The van der Waals surface area contributed by atoms with E-state index < -0.39 is 11.0 Å². The van der Waals surface area contributed by atoms with Crippen molar-refractivity contribution in [1.82, 2.24) is 0 Å². The average molecular weight is 363 g/mol. The minimum Gasteiger partial charge on any atom is -0.385 e. The van der Waals surface area contributed by atoms with Crippen LogP contribution in [0.1, 0.15) is 64.2 Å². The van der Waals surface area contributed by atoms with Crippen LogP contribution in [0.2, 0.25) is 0 Å². The third-order valence-electron chi connectivity index (χ3n) is 6.17. The van der Waals surface area contributed by atoms with Gasteiger partial charge >= 0.3 is 0 Å². The Kier molecular flexibility index (Phi) is 5.51. The molecule has 4 nitrogen and oxygen atoms in total. The monoisotopic (exact) mass is 362 g/mol. The fourth-order valence-corrected chi connectivity index (χ4v) is 4.57. The molecule has 3 atom stereocenters. The van der Waals surface area contributed by atoms with Gasteiger partial charge in [-0.05, 0) is 31.7 Å². The molecule has 4 heteroatoms. The third kappa shape index (κ3) is 3.45. The quantitative estimate of drug-likeness (QED) is 0.844. The molecule has 0 spiro atoms. The lowest BCUT2D eigenvalue weighted by Gasteiger charge is -2.50. The van der Waals surface area contributed by atoms with E-state index in [1.165, 1.54) is 5.56 Å². The minimum atomic E-state index is -1.05. The van der Waals surface area contributed by atoms with Gasteiger partial charge in [-0.1, -0.05) is 57.5 Å². The Morgan fingerprint density at radius 1 is 1.23 bits per heavy atom. The molecule has 0 amide bonds. The van der Waals surface area contributed by atoms with Crippen LogP contribution in [0.15, 0.2) is 24.3 Å². The number of benzene rings is 1. The molecule has 0 radical (unpaired) electrons. The molecule has 2 heterocycles. The number of hydrogen-bond donors (Lipinski definition) is 1. The third-order valence-corrected chi connectivity index (χ3v) is 6.17. The zero-order valence-corrected chi connectivity index (χ0v) is 16.9. The summed E-state index contributed by atoms with van der Waals surface area (Å²) >= 11 is 0. The Labute approximate surface area is 157 Å². The SMILES string of the molecule is Cc1cccc([C@@H]2OCC(C)(C)[C@]2(O)C(C)(C)COC2CCCCO2)c1. The molecule has 26 heavy (non-hydrogen) atoms. The van der Waals surface area contributed by atoms with Crippen LogP contribution in [-0.4, -0.2) is 36.8 Å². The van der Waals surface area contributed by atoms with E-state index >= 15 is 0 Å². The van der Waals surface area contributed by atoms with Gasteiger partial charge in [0.1, 0.15) is 11.7 Å². The molecule has 1 aromatic rings. The lowest BCUT2D eigenvalue weighted by Crippen LogP contribution is -2.58. The normalized spacial score (nSPS) is 31.9. The maximum absolute atomic E-state index is 12.0. The van der Waals surface area contributed by atoms with E-state index in [0.717, 1.165) is 31.4 Å². The molecule has 0 aliphatic carbocycles. The number of ether oxygens (including phenoxy) is 3. The van der Waals surface area contributed by atoms with Crippen molar-refractivity contribution in [3.8, 4) is 0 Å². The molecule has 2 aliphatic heterocycles. The molecule has 1 unspecified atom stereocenters. The highest BCUT2D eigenvalue weighted by atomic mass is 16.7. The fourth-order valence-electron chi connectivity index (χ4n) is 4.57. The summed E-state index contributed by atoms with van der Waals surface area (Å²) in [6.45, 7) is 12.1. The van der Waals surface area contributed by atoms with Crippen LogP contribution in [0.5, 0.6) is 0 Å². The minimum absolute atomic E-state index is 0.158. The van der Waals surface area contributed by atoms with Crippen molar-refractivity contribution in [2.45, 2.75) is 71.9 Å². The first kappa shape index (κ1) is 19.8. The molecule has 2 aliphatic rings. The molecule has 0 saturated carbocycles. The van der Waals surface area contributed by atoms with Gasteiger partial charge in [-0.25, -0.2) is 0 Å². The second kappa shape index (κ2) is 7.23. The molecular formula is C22H34O4. The lowest BCUT2D eigenvalue weighted by molar-refractivity contribution is -0.221. The second-order valence-electron chi connectivity index (χ2n) is 9.25. The van der Waals surface area contributed by atoms with Gasteiger partial charge in [0.15, 0.2) is 6.29 Å². The fraction of sp³-hybridized carbons (Fsp3) is 0.727. The summed E-state index contributed by atoms with van der Waals surface area (Å²) in [5, 5.41) is 12.0. The lowest BCUT2D eigenvalue weighted by atomic mass is 9.59. The molecule has 0 aromatic heterocycles. The number of rotatable bonds is 5. The summed E-state index contributed by atoms with van der Waals surface area (Å²) in [6, 6.07) is 8.25. The van der Waals surface area contributed by atoms with E-state index in [1.54, 1.807) is 0 Å². The molecule has 0 bridgehead atoms. The first-order valence-corrected chi connectivity index (χ1v) is 9.81. The Hall–Kier alpha value is -0.940. The van der Waals surface area contributed by atoms with Crippen LogP contribution in [0.25, 0.3) is 0 Å². The van der Waals surface area contributed by atoms with Crippen molar-refractivity contribution >= 4 is 0 Å². The number of aryl methyl sites for hydroxylation is 1. The number of hydrogen-bond acceptors (Lipinski definition) is 4. The zero-order valence-electron chi connectivity index (χ0n) is 16.9. The maximum Gasteiger partial charge on any atom is 0.157 e. The number of aliphatic hydroxyl groups is 1. The summed E-state index contributed by atoms with van der Waals surface area (Å²) in [6.07, 6.45) is 2.63. The molecule has 2 saturated heterocycles. The van der Waals surface area contributed by atoms with Crippen molar-refractivity contribution in [2.75, 3.05) is 19.8 Å². The summed E-state index contributed by atoms with van der Waals surface area (Å²) < 4.78 is 18.0. The predicted octanol–water partition coefficient (Wildman–Crippen LogP) is 4.39. The van der Waals surface area contributed by atoms with Crippen LogP contribution in [0.4, 0.5) is 0 Å². The summed E-state index contributed by atoms with van der Waals surface area (Å²) in [5.41, 5.74) is 0.259. The molecule has 1 aromatic carbocycles. The molecule has 146 valence electrons. The van der Waals surface area contributed by atoms with Crippen LogP contribution < -0.4 is 0 Å². The molecule has 3 rings (SSSR count). The van der Waals surface area contributed by atoms with Crippen LogP contribution >= 0.6 is 0 Å². The first-order valence-electron chi connectivity index (χ1n) is 9.81. The largest absolute Gasteiger partial charge is 0.385 e. The highest BCUT2D eigenvalue weighted by molar-refractivity contribution is 5.30. The Morgan fingerprint density at radius 3 is 2.65 bits per heavy atom. The van der Waals surface area contributed by atoms with E-state index in [1.807, 2.05) is 12.1 Å². The van der Waals surface area contributed by atoms with Crippen LogP contribution in [-0.2, 0) is 14.2 Å². The van der Waals surface area contributed by atoms with E-state index in [0.29, 0.717) is 13.2 Å². The van der Waals surface area contributed by atoms with Gasteiger partial charge in [0.05, 0.1) is 13.2 Å². The van der Waals surface area contributed by atoms with Gasteiger partial charge < -0.3 is 19.3 Å². The molecule has 1 N–H and O–H groups in total. The molecule has 2 fully saturated rings. The second-order valence-corrected chi connectivity index (χ2v) is 9.25. The van der Waals surface area contributed by atoms with E-state index in [4.69, 9.17) is 14.2 Å². The van der Waals surface area contributed by atoms with Gasteiger partial charge in [-0.15, -0.1) is 0 Å². The van der Waals surface area contributed by atoms with Gasteiger partial charge in [0.25, 0.3) is 0 Å². The Bertz CT molecular complexity index is 618. The van der Waals surface area contributed by atoms with E-state index in [9.17, 15) is 5.11 Å². The van der Waals surface area contributed by atoms with Gasteiger partial charge in [0.2, 0.25) is 0 Å². The van der Waals surface area contributed by atoms with E-state index in [-0.39, 0.29) is 17.8 Å². The van der Waals surface area contributed by atoms with Crippen LogP contribution in [0, 0.1) is 17.8 Å². The highest BCUT2D eigenvalue weighted by Crippen LogP contribution is 2.57. The van der Waals surface area contributed by atoms with Gasteiger partial charge in [-0.3, -0.25) is 0 Å². The van der Waals surface area contributed by atoms with Gasteiger partial charge in [-0.2, -0.15) is 0 Å². The zero-order chi connectivity index (χ0) is 19.0. The smallest absolute Gasteiger partial charge is 0.157 e. The maximum atomic E-state index is 12.0. The first-order chi connectivity index (χ1) is 12.2. The van der Waals surface area contributed by atoms with Crippen LogP contribution in [0.3, 0.4) is 0 Å². The Morgan fingerprint density at radius 2 is 2.00 bits per heavy atom. The summed E-state index contributed by atoms with van der Waals surface area (Å²) in [7, 11) is 0. The van der Waals surface area contributed by atoms with Crippen molar-refractivity contribution in [3.63, 3.8) is 0 Å². The predicted molar refractivity (Wildman–Crippen MR) is 102 cm³/mol. The average Bonchev–Trinajstić information content (AvgIpc) is 2.85. The van der Waals surface area contributed by atoms with Crippen molar-refractivity contribution < 1.29 is 19.3 Å². The van der Waals surface area contributed by atoms with Crippen molar-refractivity contribution in [3.05, 3.63) is 35.4 Å². The van der Waals surface area contributed by atoms with Gasteiger partial charge in [0, 0.05) is 17.4 Å². The summed E-state index contributed by atoms with van der Waals surface area (Å²) in [4.78, 5) is 0. The standard InChI is InChI=1S/C22H34O4/c1-16-9-8-10-17(13-16)19-22(23,21(4,5)15-26-19)20(2,3)14-25-18-11-6-7-12-24-18/h8-10,13,18-19,23H,6-7,11-12,14-15H2,1-5H3/t18?,19-,22+/m0/s1.